The van der Waals surface area contributed by atoms with Crippen molar-refractivity contribution in [3.8, 4) is 0 Å². The Bertz CT molecular complexity index is 116. The molecule has 0 aromatic carbocycles. The third kappa shape index (κ3) is 5.51. The predicted octanol–water partition coefficient (Wildman–Crippen LogP) is 1.59. The maximum absolute atomic E-state index is 4.05. The number of hydrogen-bond acceptors (Lipinski definition) is 2. The molecule has 0 aliphatic heterocycles. The summed E-state index contributed by atoms with van der Waals surface area (Å²) in [6.45, 7) is 6.61. The van der Waals surface area contributed by atoms with Gasteiger partial charge in [-0.25, -0.2) is 0 Å². The molecule has 10 heavy (non-hydrogen) atoms. The zero-order chi connectivity index (χ0) is 7.82. The van der Waals surface area contributed by atoms with Crippen molar-refractivity contribution >= 4 is 5.71 Å². The maximum Gasteiger partial charge on any atom is 0.0195 e. The first-order chi connectivity index (χ1) is 4.81. The third-order valence-corrected chi connectivity index (χ3v) is 1.28. The molecule has 0 heterocycles. The molecule has 0 radical (unpaired) electrons. The summed E-state index contributed by atoms with van der Waals surface area (Å²) in [5.74, 6) is 0. The van der Waals surface area contributed by atoms with Gasteiger partial charge in [-0.1, -0.05) is 6.58 Å². The fraction of sp³-hybridized carbons (Fsp3) is 0.625. The lowest BCUT2D eigenvalue weighted by molar-refractivity contribution is 0.746. The Balaban J connectivity index is 3.29. The van der Waals surface area contributed by atoms with Crippen molar-refractivity contribution in [2.24, 2.45) is 4.99 Å². The van der Waals surface area contributed by atoms with Crippen molar-refractivity contribution in [3.05, 3.63) is 12.8 Å². The SMILES string of the molecule is C=C/N=C(/C)CCCNC. The molecule has 0 bridgehead atoms. The Kier molecular flexibility index (Phi) is 6.08. The number of hydrogen-bond donors (Lipinski definition) is 1. The van der Waals surface area contributed by atoms with Crippen LogP contribution in [0.4, 0.5) is 0 Å². The molecule has 0 unspecified atom stereocenters. The average molecular weight is 140 g/mol. The normalized spacial score (nSPS) is 11.6. The highest BCUT2D eigenvalue weighted by molar-refractivity contribution is 5.82. The minimum absolute atomic E-state index is 1.06. The molecule has 0 aliphatic carbocycles. The predicted molar refractivity (Wildman–Crippen MR) is 46.5 cm³/mol. The molecule has 0 aliphatic rings. The summed E-state index contributed by atoms with van der Waals surface area (Å²) in [6.07, 6.45) is 3.81. The minimum atomic E-state index is 1.06. The van der Waals surface area contributed by atoms with Gasteiger partial charge in [-0.05, 0) is 33.4 Å². The van der Waals surface area contributed by atoms with Gasteiger partial charge in [-0.3, -0.25) is 4.99 Å². The second-order valence-corrected chi connectivity index (χ2v) is 2.25. The molecule has 1 N–H and O–H groups in total. The Labute approximate surface area is 63.0 Å². The van der Waals surface area contributed by atoms with Gasteiger partial charge >= 0.3 is 0 Å². The Morgan fingerprint density at radius 3 is 2.90 bits per heavy atom. The second kappa shape index (κ2) is 6.49. The van der Waals surface area contributed by atoms with Gasteiger partial charge < -0.3 is 5.32 Å². The van der Waals surface area contributed by atoms with E-state index in [4.69, 9.17) is 0 Å². The fourth-order valence-corrected chi connectivity index (χ4v) is 0.741. The summed E-state index contributed by atoms with van der Waals surface area (Å²) in [5, 5.41) is 3.08. The lowest BCUT2D eigenvalue weighted by atomic mass is 10.2. The quantitative estimate of drug-likeness (QED) is 0.455. The zero-order valence-corrected chi connectivity index (χ0v) is 6.85. The summed E-state index contributed by atoms with van der Waals surface area (Å²) in [6, 6.07) is 0. The van der Waals surface area contributed by atoms with Crippen LogP contribution >= 0.6 is 0 Å². The van der Waals surface area contributed by atoms with Gasteiger partial charge in [0.15, 0.2) is 0 Å². The Hall–Kier alpha value is -0.630. The van der Waals surface area contributed by atoms with E-state index < -0.39 is 0 Å². The largest absolute Gasteiger partial charge is 0.320 e. The lowest BCUT2D eigenvalue weighted by Crippen LogP contribution is -2.08. The molecule has 0 aromatic heterocycles. The molecule has 0 fully saturated rings. The molecule has 0 rings (SSSR count). The van der Waals surface area contributed by atoms with E-state index in [0.29, 0.717) is 0 Å². The molecule has 0 saturated carbocycles. The van der Waals surface area contributed by atoms with E-state index in [1.165, 1.54) is 0 Å². The van der Waals surface area contributed by atoms with Gasteiger partial charge in [0.2, 0.25) is 0 Å². The highest BCUT2D eigenvalue weighted by Crippen LogP contribution is 1.91. The maximum atomic E-state index is 4.05. The van der Waals surface area contributed by atoms with Crippen LogP contribution in [0, 0.1) is 0 Å². The molecule has 2 nitrogen and oxygen atoms in total. The Morgan fingerprint density at radius 1 is 1.70 bits per heavy atom. The molecule has 0 aromatic rings. The van der Waals surface area contributed by atoms with Crippen LogP contribution in [-0.2, 0) is 0 Å². The van der Waals surface area contributed by atoms with E-state index in [9.17, 15) is 0 Å². The number of rotatable bonds is 5. The molecule has 58 valence electrons. The first-order valence-electron chi connectivity index (χ1n) is 3.60. The summed E-state index contributed by atoms with van der Waals surface area (Å²) < 4.78 is 0. The van der Waals surface area contributed by atoms with Gasteiger partial charge in [-0.15, -0.1) is 0 Å². The van der Waals surface area contributed by atoms with Crippen LogP contribution in [-0.4, -0.2) is 19.3 Å². The van der Waals surface area contributed by atoms with Gasteiger partial charge in [0.25, 0.3) is 0 Å². The first kappa shape index (κ1) is 9.37. The van der Waals surface area contributed by atoms with Gasteiger partial charge in [0.05, 0.1) is 0 Å². The number of nitrogens with one attached hydrogen (secondary N) is 1. The average Bonchev–Trinajstić information content (AvgIpc) is 1.89. The van der Waals surface area contributed by atoms with Crippen LogP contribution in [0.25, 0.3) is 0 Å². The van der Waals surface area contributed by atoms with E-state index in [1.54, 1.807) is 6.20 Å². The molecule has 0 amide bonds. The summed E-state index contributed by atoms with van der Waals surface area (Å²) in [4.78, 5) is 4.05. The van der Waals surface area contributed by atoms with Gasteiger partial charge in [0.1, 0.15) is 0 Å². The monoisotopic (exact) mass is 140 g/mol. The van der Waals surface area contributed by atoms with Crippen LogP contribution in [0.2, 0.25) is 0 Å². The van der Waals surface area contributed by atoms with E-state index in [1.807, 2.05) is 14.0 Å². The van der Waals surface area contributed by atoms with E-state index in [0.717, 1.165) is 25.1 Å². The van der Waals surface area contributed by atoms with E-state index in [2.05, 4.69) is 16.9 Å². The van der Waals surface area contributed by atoms with E-state index >= 15 is 0 Å². The van der Waals surface area contributed by atoms with Crippen LogP contribution in [0.3, 0.4) is 0 Å². The van der Waals surface area contributed by atoms with Crippen molar-refractivity contribution in [2.75, 3.05) is 13.6 Å². The fourth-order valence-electron chi connectivity index (χ4n) is 0.741. The van der Waals surface area contributed by atoms with Crippen LogP contribution in [0.5, 0.6) is 0 Å². The zero-order valence-electron chi connectivity index (χ0n) is 6.85. The van der Waals surface area contributed by atoms with Crippen LogP contribution < -0.4 is 5.32 Å². The van der Waals surface area contributed by atoms with Crippen molar-refractivity contribution in [2.45, 2.75) is 19.8 Å². The summed E-state index contributed by atoms with van der Waals surface area (Å²) in [7, 11) is 1.96. The molecule has 0 saturated heterocycles. The van der Waals surface area contributed by atoms with Crippen LogP contribution in [0.1, 0.15) is 19.8 Å². The number of nitrogens with zero attached hydrogens (tertiary/aromatic N) is 1. The van der Waals surface area contributed by atoms with Crippen molar-refractivity contribution in [1.29, 1.82) is 0 Å². The first-order valence-corrected chi connectivity index (χ1v) is 3.60. The standard InChI is InChI=1S/C8H16N2/c1-4-10-8(2)6-5-7-9-3/h4,9H,1,5-7H2,2-3H3/b10-8-. The molecule has 0 spiro atoms. The minimum Gasteiger partial charge on any atom is -0.320 e. The lowest BCUT2D eigenvalue weighted by Gasteiger charge is -1.97. The van der Waals surface area contributed by atoms with Gasteiger partial charge in [-0.2, -0.15) is 0 Å². The smallest absolute Gasteiger partial charge is 0.0195 e. The van der Waals surface area contributed by atoms with E-state index in [-0.39, 0.29) is 0 Å². The summed E-state index contributed by atoms with van der Waals surface area (Å²) in [5.41, 5.74) is 1.16. The molecule has 0 atom stereocenters. The van der Waals surface area contributed by atoms with Crippen molar-refractivity contribution in [1.82, 2.24) is 5.32 Å². The molecule has 2 heteroatoms. The second-order valence-electron chi connectivity index (χ2n) is 2.25. The molecular formula is C8H16N2. The van der Waals surface area contributed by atoms with Crippen molar-refractivity contribution in [3.63, 3.8) is 0 Å². The summed E-state index contributed by atoms with van der Waals surface area (Å²) >= 11 is 0. The third-order valence-electron chi connectivity index (χ3n) is 1.28. The van der Waals surface area contributed by atoms with Gasteiger partial charge in [0, 0.05) is 11.9 Å². The Morgan fingerprint density at radius 2 is 2.40 bits per heavy atom. The van der Waals surface area contributed by atoms with Crippen LogP contribution in [0.15, 0.2) is 17.8 Å². The molecular weight excluding hydrogens is 124 g/mol. The highest BCUT2D eigenvalue weighted by atomic mass is 14.8. The van der Waals surface area contributed by atoms with Crippen molar-refractivity contribution < 1.29 is 0 Å². The topological polar surface area (TPSA) is 24.4 Å². The number of aliphatic imine (C=N–C) groups is 1. The highest BCUT2D eigenvalue weighted by Gasteiger charge is 1.88.